The van der Waals surface area contributed by atoms with Crippen LogP contribution in [0.1, 0.15) is 5.56 Å². The van der Waals surface area contributed by atoms with Crippen LogP contribution >= 0.6 is 11.6 Å². The predicted molar refractivity (Wildman–Crippen MR) is 119 cm³/mol. The molecule has 2 aromatic carbocycles. The third-order valence-electron chi connectivity index (χ3n) is 5.56. The highest BCUT2D eigenvalue weighted by Crippen LogP contribution is 2.32. The van der Waals surface area contributed by atoms with Crippen LogP contribution < -0.4 is 20.9 Å². The van der Waals surface area contributed by atoms with Crippen molar-refractivity contribution in [1.82, 2.24) is 18.7 Å². The summed E-state index contributed by atoms with van der Waals surface area (Å²) in [6.45, 7) is 1.73. The molecule has 0 radical (unpaired) electrons. The van der Waals surface area contributed by atoms with Crippen LogP contribution in [0.3, 0.4) is 0 Å². The Labute approximate surface area is 182 Å². The number of anilines is 2. The number of hydrogen-bond acceptors (Lipinski definition) is 5. The van der Waals surface area contributed by atoms with Crippen LogP contribution in [0.2, 0.25) is 5.02 Å². The Morgan fingerprint density at radius 1 is 1.03 bits per heavy atom. The van der Waals surface area contributed by atoms with Gasteiger partial charge in [-0.25, -0.2) is 4.79 Å². The van der Waals surface area contributed by atoms with Crippen LogP contribution in [0.15, 0.2) is 58.1 Å². The van der Waals surface area contributed by atoms with Crippen LogP contribution in [0, 0.1) is 0 Å². The number of rotatable bonds is 4. The largest absolute Gasteiger partial charge is 0.489 e. The second-order valence-corrected chi connectivity index (χ2v) is 7.94. The molecule has 4 aromatic rings. The van der Waals surface area contributed by atoms with E-state index in [1.54, 1.807) is 7.05 Å². The van der Waals surface area contributed by atoms with E-state index in [0.717, 1.165) is 21.6 Å². The average Bonchev–Trinajstić information content (AvgIpc) is 3.35. The van der Waals surface area contributed by atoms with Crippen molar-refractivity contribution in [2.75, 3.05) is 11.4 Å². The summed E-state index contributed by atoms with van der Waals surface area (Å²) in [5.41, 5.74) is 2.06. The first-order valence-corrected chi connectivity index (χ1v) is 10.2. The van der Waals surface area contributed by atoms with E-state index in [-0.39, 0.29) is 11.2 Å². The zero-order chi connectivity index (χ0) is 21.7. The first-order chi connectivity index (χ1) is 14.9. The van der Waals surface area contributed by atoms with Crippen molar-refractivity contribution < 1.29 is 4.74 Å². The van der Waals surface area contributed by atoms with Crippen molar-refractivity contribution in [2.24, 2.45) is 14.1 Å². The van der Waals surface area contributed by atoms with Crippen LogP contribution in [0.4, 0.5) is 11.6 Å². The van der Waals surface area contributed by atoms with Crippen LogP contribution in [-0.2, 0) is 27.2 Å². The molecule has 0 bridgehead atoms. The highest BCUT2D eigenvalue weighted by Gasteiger charge is 2.28. The number of halogens is 1. The molecule has 158 valence electrons. The summed E-state index contributed by atoms with van der Waals surface area (Å²) in [6, 6.07) is 15.3. The summed E-state index contributed by atoms with van der Waals surface area (Å²) < 4.78 is 10.3. The number of ether oxygens (including phenoxy) is 1. The Morgan fingerprint density at radius 2 is 1.81 bits per heavy atom. The molecule has 8 nitrogen and oxygen atoms in total. The quantitative estimate of drug-likeness (QED) is 0.491. The van der Waals surface area contributed by atoms with Gasteiger partial charge in [-0.1, -0.05) is 23.7 Å². The fourth-order valence-electron chi connectivity index (χ4n) is 3.91. The minimum absolute atomic E-state index is 0.330. The maximum Gasteiger partial charge on any atom is 0.332 e. The molecule has 0 spiro atoms. The van der Waals surface area contributed by atoms with Gasteiger partial charge in [0.25, 0.3) is 5.56 Å². The highest BCUT2D eigenvalue weighted by atomic mass is 35.5. The molecule has 9 heteroatoms. The lowest BCUT2D eigenvalue weighted by Gasteiger charge is -2.16. The SMILES string of the molecule is Cn1c(=O)c2c(nc3n2CCN3c2ccc(OCc3cccc(Cl)c3)cc2)n(C)c1=O. The van der Waals surface area contributed by atoms with E-state index in [1.807, 2.05) is 58.0 Å². The van der Waals surface area contributed by atoms with Gasteiger partial charge in [0.2, 0.25) is 5.95 Å². The molecule has 0 saturated heterocycles. The summed E-state index contributed by atoms with van der Waals surface area (Å²) in [4.78, 5) is 31.6. The summed E-state index contributed by atoms with van der Waals surface area (Å²) in [7, 11) is 3.11. The first kappa shape index (κ1) is 19.4. The van der Waals surface area contributed by atoms with Crippen LogP contribution in [0.25, 0.3) is 11.2 Å². The van der Waals surface area contributed by atoms with E-state index in [2.05, 4.69) is 4.98 Å². The average molecular weight is 438 g/mol. The summed E-state index contributed by atoms with van der Waals surface area (Å²) in [5, 5.41) is 0.681. The molecular formula is C22H20ClN5O3. The molecule has 5 rings (SSSR count). The molecule has 0 N–H and O–H groups in total. The third kappa shape index (κ3) is 3.19. The minimum atomic E-state index is -0.387. The third-order valence-corrected chi connectivity index (χ3v) is 5.79. The van der Waals surface area contributed by atoms with Crippen molar-refractivity contribution in [1.29, 1.82) is 0 Å². The van der Waals surface area contributed by atoms with Crippen LogP contribution in [-0.4, -0.2) is 25.2 Å². The lowest BCUT2D eigenvalue weighted by atomic mass is 10.2. The topological polar surface area (TPSA) is 74.3 Å². The summed E-state index contributed by atoms with van der Waals surface area (Å²) >= 11 is 6.02. The molecule has 3 heterocycles. The molecule has 0 amide bonds. The highest BCUT2D eigenvalue weighted by molar-refractivity contribution is 6.30. The zero-order valence-electron chi connectivity index (χ0n) is 17.1. The maximum atomic E-state index is 12.7. The van der Waals surface area contributed by atoms with Gasteiger partial charge in [0.15, 0.2) is 11.2 Å². The lowest BCUT2D eigenvalue weighted by molar-refractivity contribution is 0.306. The van der Waals surface area contributed by atoms with Gasteiger partial charge < -0.3 is 14.2 Å². The Morgan fingerprint density at radius 3 is 2.55 bits per heavy atom. The number of nitrogens with zero attached hydrogens (tertiary/aromatic N) is 5. The second-order valence-electron chi connectivity index (χ2n) is 7.51. The molecular weight excluding hydrogens is 418 g/mol. The molecule has 0 atom stereocenters. The number of hydrogen-bond donors (Lipinski definition) is 0. The van der Waals surface area contributed by atoms with E-state index >= 15 is 0 Å². The molecule has 2 aromatic heterocycles. The van der Waals surface area contributed by atoms with Gasteiger partial charge in [0.1, 0.15) is 12.4 Å². The smallest absolute Gasteiger partial charge is 0.332 e. The first-order valence-electron chi connectivity index (χ1n) is 9.85. The van der Waals surface area contributed by atoms with Crippen LogP contribution in [0.5, 0.6) is 5.75 Å². The Balaban J connectivity index is 1.43. The number of aryl methyl sites for hydroxylation is 1. The van der Waals surface area contributed by atoms with Gasteiger partial charge >= 0.3 is 5.69 Å². The minimum Gasteiger partial charge on any atom is -0.489 e. The molecule has 0 aliphatic carbocycles. The molecule has 1 aliphatic rings. The molecule has 0 unspecified atom stereocenters. The fourth-order valence-corrected chi connectivity index (χ4v) is 4.13. The summed E-state index contributed by atoms with van der Waals surface area (Å²) in [6.07, 6.45) is 0. The maximum absolute atomic E-state index is 12.7. The number of benzene rings is 2. The summed E-state index contributed by atoms with van der Waals surface area (Å²) in [5.74, 6) is 1.40. The van der Waals surface area contributed by atoms with Crippen molar-refractivity contribution in [2.45, 2.75) is 13.2 Å². The fraction of sp³-hybridized carbons (Fsp3) is 0.227. The van der Waals surface area contributed by atoms with Gasteiger partial charge in [-0.05, 0) is 42.0 Å². The van der Waals surface area contributed by atoms with Gasteiger partial charge in [-0.15, -0.1) is 0 Å². The van der Waals surface area contributed by atoms with Gasteiger partial charge in [-0.3, -0.25) is 13.9 Å². The van der Waals surface area contributed by atoms with Gasteiger partial charge in [-0.2, -0.15) is 4.98 Å². The molecule has 0 fully saturated rings. The molecule has 1 aliphatic heterocycles. The van der Waals surface area contributed by atoms with E-state index < -0.39 is 0 Å². The second kappa shape index (κ2) is 7.31. The number of imidazole rings is 1. The standard InChI is InChI=1S/C22H20ClN5O3/c1-25-19-18(20(29)26(2)22(25)30)28-11-10-27(21(28)24-19)16-6-8-17(9-7-16)31-13-14-4-3-5-15(23)12-14/h3-9,12H,10-11,13H2,1-2H3. The van der Waals surface area contributed by atoms with Gasteiger partial charge in [0, 0.05) is 37.9 Å². The number of fused-ring (bicyclic) bond motifs is 3. The van der Waals surface area contributed by atoms with E-state index in [1.165, 1.54) is 11.6 Å². The normalized spacial score (nSPS) is 13.1. The zero-order valence-corrected chi connectivity index (χ0v) is 17.8. The lowest BCUT2D eigenvalue weighted by Crippen LogP contribution is -2.37. The molecule has 31 heavy (non-hydrogen) atoms. The monoisotopic (exact) mass is 437 g/mol. The van der Waals surface area contributed by atoms with E-state index in [4.69, 9.17) is 16.3 Å². The Bertz CT molecular complexity index is 1420. The molecule has 0 saturated carbocycles. The van der Waals surface area contributed by atoms with Crippen molar-refractivity contribution in [3.05, 3.63) is 80.0 Å². The predicted octanol–water partition coefficient (Wildman–Crippen LogP) is 2.82. The number of aromatic nitrogens is 4. The van der Waals surface area contributed by atoms with Crippen molar-refractivity contribution in [3.8, 4) is 5.75 Å². The Kier molecular flexibility index (Phi) is 4.59. The van der Waals surface area contributed by atoms with E-state index in [0.29, 0.717) is 41.8 Å². The Hall–Kier alpha value is -3.52. The van der Waals surface area contributed by atoms with E-state index in [9.17, 15) is 9.59 Å². The van der Waals surface area contributed by atoms with Crippen molar-refractivity contribution in [3.63, 3.8) is 0 Å². The van der Waals surface area contributed by atoms with Crippen molar-refractivity contribution >= 4 is 34.4 Å². The van der Waals surface area contributed by atoms with Gasteiger partial charge in [0.05, 0.1) is 0 Å².